The van der Waals surface area contributed by atoms with E-state index in [-0.39, 0.29) is 6.61 Å². The second-order valence-electron chi connectivity index (χ2n) is 4.58. The Morgan fingerprint density at radius 1 is 1.00 bits per heavy atom. The maximum atomic E-state index is 11.8. The van der Waals surface area contributed by atoms with Gasteiger partial charge in [0.2, 0.25) is 5.91 Å². The molecule has 2 rings (SSSR count). The number of ether oxygens (including phenoxy) is 1. The molecule has 0 fully saturated rings. The second kappa shape index (κ2) is 6.70. The van der Waals surface area contributed by atoms with Crippen LogP contribution in [0.2, 0.25) is 0 Å². The van der Waals surface area contributed by atoms with Gasteiger partial charge in [-0.25, -0.2) is 0 Å². The zero-order valence-corrected chi connectivity index (χ0v) is 11.8. The van der Waals surface area contributed by atoms with Crippen molar-refractivity contribution >= 4 is 11.9 Å². The Morgan fingerprint density at radius 2 is 1.57 bits per heavy atom. The van der Waals surface area contributed by atoms with Gasteiger partial charge in [0.1, 0.15) is 0 Å². The first kappa shape index (κ1) is 14.8. The summed E-state index contributed by atoms with van der Waals surface area (Å²) in [7, 11) is 0. The van der Waals surface area contributed by atoms with Crippen LogP contribution in [0.1, 0.15) is 18.4 Å². The number of hydrogen-bond donors (Lipinski definition) is 1. The van der Waals surface area contributed by atoms with Gasteiger partial charge in [-0.05, 0) is 23.6 Å². The summed E-state index contributed by atoms with van der Waals surface area (Å²) in [6.07, 6.45) is 0. The van der Waals surface area contributed by atoms with E-state index < -0.39 is 17.8 Å². The van der Waals surface area contributed by atoms with E-state index in [2.05, 4.69) is 0 Å². The minimum atomic E-state index is -1.06. The number of esters is 1. The lowest BCUT2D eigenvalue weighted by Crippen LogP contribution is -2.29. The summed E-state index contributed by atoms with van der Waals surface area (Å²) < 4.78 is 4.89. The van der Waals surface area contributed by atoms with Crippen LogP contribution in [0.4, 0.5) is 0 Å². The fourth-order valence-corrected chi connectivity index (χ4v) is 2.14. The van der Waals surface area contributed by atoms with E-state index in [1.807, 2.05) is 42.5 Å². The van der Waals surface area contributed by atoms with E-state index in [9.17, 15) is 9.59 Å². The van der Waals surface area contributed by atoms with E-state index in [1.165, 1.54) is 0 Å². The first-order valence-corrected chi connectivity index (χ1v) is 6.74. The lowest BCUT2D eigenvalue weighted by Gasteiger charge is -2.13. The predicted molar refractivity (Wildman–Crippen MR) is 80.4 cm³/mol. The Hall–Kier alpha value is -2.62. The summed E-state index contributed by atoms with van der Waals surface area (Å²) in [6.45, 7) is 1.90. The first-order valence-electron chi connectivity index (χ1n) is 6.74. The molecule has 4 heteroatoms. The molecule has 0 heterocycles. The van der Waals surface area contributed by atoms with Crippen molar-refractivity contribution < 1.29 is 14.3 Å². The fraction of sp³-hybridized carbons (Fsp3) is 0.176. The molecular weight excluding hydrogens is 266 g/mol. The number of nitrogens with two attached hydrogens (primary N) is 1. The number of carbonyl (C=O) groups excluding carboxylic acids is 2. The van der Waals surface area contributed by atoms with E-state index in [1.54, 1.807) is 19.1 Å². The van der Waals surface area contributed by atoms with Crippen LogP contribution in [-0.2, 0) is 14.3 Å². The number of benzene rings is 2. The monoisotopic (exact) mass is 283 g/mol. The van der Waals surface area contributed by atoms with Crippen LogP contribution < -0.4 is 5.73 Å². The van der Waals surface area contributed by atoms with E-state index >= 15 is 0 Å². The van der Waals surface area contributed by atoms with E-state index in [4.69, 9.17) is 10.5 Å². The summed E-state index contributed by atoms with van der Waals surface area (Å²) in [6, 6.07) is 17.0. The molecule has 108 valence electrons. The molecule has 2 aromatic rings. The van der Waals surface area contributed by atoms with Crippen LogP contribution in [-0.4, -0.2) is 18.5 Å². The van der Waals surface area contributed by atoms with Gasteiger partial charge in [-0.15, -0.1) is 0 Å². The smallest absolute Gasteiger partial charge is 0.323 e. The van der Waals surface area contributed by atoms with Crippen molar-refractivity contribution in [1.29, 1.82) is 0 Å². The van der Waals surface area contributed by atoms with Gasteiger partial charge < -0.3 is 10.5 Å². The summed E-state index contributed by atoms with van der Waals surface area (Å²) >= 11 is 0. The highest BCUT2D eigenvalue weighted by Crippen LogP contribution is 2.23. The second-order valence-corrected chi connectivity index (χ2v) is 4.58. The van der Waals surface area contributed by atoms with Crippen LogP contribution in [0.3, 0.4) is 0 Å². The molecule has 4 nitrogen and oxygen atoms in total. The molecule has 0 aromatic heterocycles. The predicted octanol–water partition coefficient (Wildman–Crippen LogP) is 2.49. The van der Waals surface area contributed by atoms with Crippen molar-refractivity contribution in [3.05, 3.63) is 60.2 Å². The third-order valence-electron chi connectivity index (χ3n) is 3.16. The van der Waals surface area contributed by atoms with Gasteiger partial charge >= 0.3 is 5.97 Å². The minimum Gasteiger partial charge on any atom is -0.465 e. The standard InChI is InChI=1S/C17H17NO3/c1-2-21-17(20)15(16(18)19)14-10-8-13(9-11-14)12-6-4-3-5-7-12/h3-11,15H,2H2,1H3,(H2,18,19). The third kappa shape index (κ3) is 3.48. The summed E-state index contributed by atoms with van der Waals surface area (Å²) in [4.78, 5) is 23.3. The molecule has 0 saturated heterocycles. The highest BCUT2D eigenvalue weighted by atomic mass is 16.5. The molecule has 0 spiro atoms. The van der Waals surface area contributed by atoms with Gasteiger partial charge in [0.05, 0.1) is 6.61 Å². The average Bonchev–Trinajstić information content (AvgIpc) is 2.49. The van der Waals surface area contributed by atoms with Crippen molar-refractivity contribution in [3.63, 3.8) is 0 Å². The van der Waals surface area contributed by atoms with Gasteiger partial charge in [-0.2, -0.15) is 0 Å². The summed E-state index contributed by atoms with van der Waals surface area (Å²) in [5, 5.41) is 0. The average molecular weight is 283 g/mol. The first-order chi connectivity index (χ1) is 10.1. The molecule has 0 bridgehead atoms. The van der Waals surface area contributed by atoms with Gasteiger partial charge in [-0.1, -0.05) is 54.6 Å². The van der Waals surface area contributed by atoms with E-state index in [0.29, 0.717) is 5.56 Å². The highest BCUT2D eigenvalue weighted by Gasteiger charge is 2.27. The number of hydrogen-bond acceptors (Lipinski definition) is 3. The lowest BCUT2D eigenvalue weighted by atomic mass is 9.96. The Labute approximate surface area is 123 Å². The molecule has 1 amide bonds. The van der Waals surface area contributed by atoms with Crippen molar-refractivity contribution in [2.75, 3.05) is 6.61 Å². The van der Waals surface area contributed by atoms with E-state index in [0.717, 1.165) is 11.1 Å². The number of primary amides is 1. The summed E-state index contributed by atoms with van der Waals surface area (Å²) in [5.41, 5.74) is 7.92. The molecule has 0 aliphatic carbocycles. The number of carbonyl (C=O) groups is 2. The lowest BCUT2D eigenvalue weighted by molar-refractivity contribution is -0.147. The third-order valence-corrected chi connectivity index (χ3v) is 3.16. The van der Waals surface area contributed by atoms with Crippen LogP contribution in [0.5, 0.6) is 0 Å². The molecule has 0 aliphatic rings. The van der Waals surface area contributed by atoms with Gasteiger partial charge in [0.15, 0.2) is 5.92 Å². The normalized spacial score (nSPS) is 11.7. The van der Waals surface area contributed by atoms with Crippen LogP contribution in [0, 0.1) is 0 Å². The van der Waals surface area contributed by atoms with Crippen LogP contribution in [0.25, 0.3) is 11.1 Å². The SMILES string of the molecule is CCOC(=O)C(C(N)=O)c1ccc(-c2ccccc2)cc1. The molecule has 2 aromatic carbocycles. The number of amides is 1. The van der Waals surface area contributed by atoms with Crippen molar-refractivity contribution in [2.45, 2.75) is 12.8 Å². The van der Waals surface area contributed by atoms with Crippen molar-refractivity contribution in [2.24, 2.45) is 5.73 Å². The Kier molecular flexibility index (Phi) is 4.72. The van der Waals surface area contributed by atoms with Crippen molar-refractivity contribution in [1.82, 2.24) is 0 Å². The van der Waals surface area contributed by atoms with Crippen molar-refractivity contribution in [3.8, 4) is 11.1 Å². The fourth-order valence-electron chi connectivity index (χ4n) is 2.14. The molecule has 0 saturated carbocycles. The topological polar surface area (TPSA) is 69.4 Å². The van der Waals surface area contributed by atoms with Crippen LogP contribution in [0.15, 0.2) is 54.6 Å². The summed E-state index contributed by atoms with van der Waals surface area (Å²) in [5.74, 6) is -2.38. The maximum Gasteiger partial charge on any atom is 0.323 e. The zero-order valence-electron chi connectivity index (χ0n) is 11.8. The molecule has 1 unspecified atom stereocenters. The maximum absolute atomic E-state index is 11.8. The molecule has 1 atom stereocenters. The van der Waals surface area contributed by atoms with Gasteiger partial charge in [0, 0.05) is 0 Å². The Morgan fingerprint density at radius 3 is 2.10 bits per heavy atom. The quantitative estimate of drug-likeness (QED) is 0.677. The zero-order chi connectivity index (χ0) is 15.2. The molecule has 21 heavy (non-hydrogen) atoms. The molecule has 0 aliphatic heterocycles. The molecule has 2 N–H and O–H groups in total. The molecular formula is C17H17NO3. The van der Waals surface area contributed by atoms with Crippen LogP contribution >= 0.6 is 0 Å². The van der Waals surface area contributed by atoms with Gasteiger partial charge in [0.25, 0.3) is 0 Å². The Balaban J connectivity index is 2.28. The largest absolute Gasteiger partial charge is 0.465 e. The molecule has 0 radical (unpaired) electrons. The minimum absolute atomic E-state index is 0.213. The Bertz CT molecular complexity index is 620. The van der Waals surface area contributed by atoms with Gasteiger partial charge in [-0.3, -0.25) is 9.59 Å². The number of rotatable bonds is 5. The highest BCUT2D eigenvalue weighted by molar-refractivity contribution is 6.02.